The van der Waals surface area contributed by atoms with E-state index in [1.165, 1.54) is 0 Å². The normalized spacial score (nSPS) is 12.6. The van der Waals surface area contributed by atoms with Crippen molar-refractivity contribution in [3.05, 3.63) is 72.3 Å². The van der Waals surface area contributed by atoms with Gasteiger partial charge in [-0.25, -0.2) is 0 Å². The smallest absolute Gasteiger partial charge is 0.310 e. The predicted octanol–water partition coefficient (Wildman–Crippen LogP) is 3.88. The molecule has 0 amide bonds. The number of benzene rings is 2. The zero-order valence-electron chi connectivity index (χ0n) is 10.5. The van der Waals surface area contributed by atoms with Crippen molar-refractivity contribution in [3.8, 4) is 11.1 Å². The Hall–Kier alpha value is -2.35. The van der Waals surface area contributed by atoms with Gasteiger partial charge in [0.1, 0.15) is 0 Å². The molecule has 0 heterocycles. The summed E-state index contributed by atoms with van der Waals surface area (Å²) >= 11 is 0. The van der Waals surface area contributed by atoms with Gasteiger partial charge in [0, 0.05) is 11.1 Å². The molecule has 2 aromatic carbocycles. The Kier molecular flexibility index (Phi) is 2.92. The summed E-state index contributed by atoms with van der Waals surface area (Å²) in [4.78, 5) is 11.7. The molecule has 0 saturated heterocycles. The van der Waals surface area contributed by atoms with Gasteiger partial charge in [0.25, 0.3) is 0 Å². The molecule has 19 heavy (non-hydrogen) atoms. The summed E-state index contributed by atoms with van der Waals surface area (Å²) < 4.78 is 5.59. The number of hydrogen-bond donors (Lipinski definition) is 0. The van der Waals surface area contributed by atoms with E-state index in [1.54, 1.807) is 6.08 Å². The summed E-state index contributed by atoms with van der Waals surface area (Å²) in [5.74, 6) is -0.244. The highest BCUT2D eigenvalue weighted by molar-refractivity contribution is 5.80. The summed E-state index contributed by atoms with van der Waals surface area (Å²) in [7, 11) is 0. The molecule has 0 aliphatic heterocycles. The molecule has 0 unspecified atom stereocenters. The van der Waals surface area contributed by atoms with E-state index in [-0.39, 0.29) is 18.5 Å². The van der Waals surface area contributed by atoms with Gasteiger partial charge in [0.05, 0.1) is 6.42 Å². The number of carbonyl (C=O) groups excluding carboxylic acids is 1. The second kappa shape index (κ2) is 4.73. The molecule has 0 fully saturated rings. The molecular weight excluding hydrogens is 236 g/mol. The van der Waals surface area contributed by atoms with E-state index in [0.717, 1.165) is 22.3 Å². The van der Waals surface area contributed by atoms with E-state index in [9.17, 15) is 4.79 Å². The fourth-order valence-corrected chi connectivity index (χ4v) is 2.53. The van der Waals surface area contributed by atoms with Gasteiger partial charge in [-0.05, 0) is 11.1 Å². The maximum atomic E-state index is 11.7. The number of fused-ring (bicyclic) bond motifs is 3. The molecule has 1 aliphatic rings. The molecule has 94 valence electrons. The SMILES string of the molecule is C=CCC(=O)OC1c2ccccc2-c2ccccc21. The fraction of sp³-hybridized carbons (Fsp3) is 0.118. The lowest BCUT2D eigenvalue weighted by Crippen LogP contribution is -2.09. The molecule has 0 spiro atoms. The van der Waals surface area contributed by atoms with Gasteiger partial charge in [-0.3, -0.25) is 4.79 Å². The average Bonchev–Trinajstić information content (AvgIpc) is 2.75. The Labute approximate surface area is 112 Å². The van der Waals surface area contributed by atoms with Crippen LogP contribution in [0.15, 0.2) is 61.2 Å². The molecule has 1 aliphatic carbocycles. The summed E-state index contributed by atoms with van der Waals surface area (Å²) in [5.41, 5.74) is 4.41. The van der Waals surface area contributed by atoms with Crippen molar-refractivity contribution in [1.29, 1.82) is 0 Å². The molecule has 2 heteroatoms. The molecule has 2 aromatic rings. The van der Waals surface area contributed by atoms with Crippen LogP contribution >= 0.6 is 0 Å². The minimum absolute atomic E-state index is 0.237. The van der Waals surface area contributed by atoms with Gasteiger partial charge in [0.2, 0.25) is 0 Å². The van der Waals surface area contributed by atoms with Gasteiger partial charge in [-0.2, -0.15) is 0 Å². The first-order valence-corrected chi connectivity index (χ1v) is 6.30. The zero-order chi connectivity index (χ0) is 13.2. The van der Waals surface area contributed by atoms with Crippen LogP contribution in [-0.4, -0.2) is 5.97 Å². The predicted molar refractivity (Wildman–Crippen MR) is 74.6 cm³/mol. The van der Waals surface area contributed by atoms with Crippen molar-refractivity contribution in [2.24, 2.45) is 0 Å². The monoisotopic (exact) mass is 250 g/mol. The third kappa shape index (κ3) is 1.95. The number of ether oxygens (including phenoxy) is 1. The summed E-state index contributed by atoms with van der Waals surface area (Å²) in [6.45, 7) is 3.56. The Morgan fingerprint density at radius 2 is 1.58 bits per heavy atom. The first-order chi connectivity index (χ1) is 9.31. The number of carbonyl (C=O) groups is 1. The fourth-order valence-electron chi connectivity index (χ4n) is 2.53. The lowest BCUT2D eigenvalue weighted by atomic mass is 10.1. The summed E-state index contributed by atoms with van der Waals surface area (Å²) in [6.07, 6.45) is 1.51. The average molecular weight is 250 g/mol. The van der Waals surface area contributed by atoms with E-state index >= 15 is 0 Å². The highest BCUT2D eigenvalue weighted by Gasteiger charge is 2.30. The molecular formula is C17H14O2. The van der Waals surface area contributed by atoms with E-state index in [1.807, 2.05) is 36.4 Å². The minimum atomic E-state index is -0.292. The third-order valence-electron chi connectivity index (χ3n) is 3.34. The first kappa shape index (κ1) is 11.7. The minimum Gasteiger partial charge on any atom is -0.452 e. The van der Waals surface area contributed by atoms with E-state index in [0.29, 0.717) is 0 Å². The summed E-state index contributed by atoms with van der Waals surface area (Å²) in [5, 5.41) is 0. The lowest BCUT2D eigenvalue weighted by molar-refractivity contribution is -0.146. The van der Waals surface area contributed by atoms with E-state index in [2.05, 4.69) is 18.7 Å². The lowest BCUT2D eigenvalue weighted by Gasteiger charge is -2.14. The maximum Gasteiger partial charge on any atom is 0.310 e. The molecule has 0 aromatic heterocycles. The Bertz CT molecular complexity index is 598. The molecule has 2 nitrogen and oxygen atoms in total. The van der Waals surface area contributed by atoms with Crippen LogP contribution in [0, 0.1) is 0 Å². The highest BCUT2D eigenvalue weighted by Crippen LogP contribution is 2.45. The van der Waals surface area contributed by atoms with Crippen molar-refractivity contribution in [2.75, 3.05) is 0 Å². The van der Waals surface area contributed by atoms with Gasteiger partial charge in [0.15, 0.2) is 6.10 Å². The molecule has 0 atom stereocenters. The van der Waals surface area contributed by atoms with Crippen LogP contribution in [0.25, 0.3) is 11.1 Å². The Balaban J connectivity index is 2.05. The Morgan fingerprint density at radius 1 is 1.05 bits per heavy atom. The van der Waals surface area contributed by atoms with E-state index < -0.39 is 0 Å². The quantitative estimate of drug-likeness (QED) is 0.610. The molecule has 0 radical (unpaired) electrons. The topological polar surface area (TPSA) is 26.3 Å². The maximum absolute atomic E-state index is 11.7. The molecule has 0 N–H and O–H groups in total. The largest absolute Gasteiger partial charge is 0.452 e. The Morgan fingerprint density at radius 3 is 2.11 bits per heavy atom. The van der Waals surface area contributed by atoms with Crippen molar-refractivity contribution < 1.29 is 9.53 Å². The van der Waals surface area contributed by atoms with Crippen LogP contribution < -0.4 is 0 Å². The first-order valence-electron chi connectivity index (χ1n) is 6.30. The van der Waals surface area contributed by atoms with Gasteiger partial charge < -0.3 is 4.74 Å². The van der Waals surface area contributed by atoms with Crippen LogP contribution in [0.1, 0.15) is 23.7 Å². The van der Waals surface area contributed by atoms with Gasteiger partial charge in [-0.1, -0.05) is 54.6 Å². The van der Waals surface area contributed by atoms with Crippen LogP contribution in [0.5, 0.6) is 0 Å². The van der Waals surface area contributed by atoms with Crippen LogP contribution in [-0.2, 0) is 9.53 Å². The third-order valence-corrected chi connectivity index (χ3v) is 3.34. The standard InChI is InChI=1S/C17H14O2/c1-2-7-16(18)19-17-14-10-5-3-8-12(14)13-9-4-6-11-15(13)17/h2-6,8-11,17H,1,7H2. The van der Waals surface area contributed by atoms with Crippen LogP contribution in [0.2, 0.25) is 0 Å². The zero-order valence-corrected chi connectivity index (χ0v) is 10.5. The van der Waals surface area contributed by atoms with Gasteiger partial charge >= 0.3 is 5.97 Å². The number of esters is 1. The molecule has 3 rings (SSSR count). The van der Waals surface area contributed by atoms with Crippen molar-refractivity contribution in [1.82, 2.24) is 0 Å². The summed E-state index contributed by atoms with van der Waals surface area (Å²) in [6, 6.07) is 16.1. The second-order valence-electron chi connectivity index (χ2n) is 4.54. The van der Waals surface area contributed by atoms with Crippen molar-refractivity contribution in [2.45, 2.75) is 12.5 Å². The van der Waals surface area contributed by atoms with Crippen LogP contribution in [0.4, 0.5) is 0 Å². The van der Waals surface area contributed by atoms with Gasteiger partial charge in [-0.15, -0.1) is 6.58 Å². The van der Waals surface area contributed by atoms with Crippen molar-refractivity contribution in [3.63, 3.8) is 0 Å². The van der Waals surface area contributed by atoms with Crippen molar-refractivity contribution >= 4 is 5.97 Å². The number of hydrogen-bond acceptors (Lipinski definition) is 2. The van der Waals surface area contributed by atoms with Crippen LogP contribution in [0.3, 0.4) is 0 Å². The number of rotatable bonds is 3. The highest BCUT2D eigenvalue weighted by atomic mass is 16.5. The second-order valence-corrected chi connectivity index (χ2v) is 4.54. The molecule has 0 bridgehead atoms. The van der Waals surface area contributed by atoms with E-state index in [4.69, 9.17) is 4.74 Å². The molecule has 0 saturated carbocycles.